The summed E-state index contributed by atoms with van der Waals surface area (Å²) in [6, 6.07) is 13.1. The van der Waals surface area contributed by atoms with Crippen molar-refractivity contribution >= 4 is 21.7 Å². The number of methoxy groups -OCH3 is 1. The van der Waals surface area contributed by atoms with Crippen LogP contribution in [0.5, 0.6) is 11.5 Å². The number of halogens is 1. The van der Waals surface area contributed by atoms with Gasteiger partial charge in [-0.1, -0.05) is 34.1 Å². The first kappa shape index (κ1) is 13.2. The van der Waals surface area contributed by atoms with Gasteiger partial charge in [-0.3, -0.25) is 4.79 Å². The summed E-state index contributed by atoms with van der Waals surface area (Å²) in [6.45, 7) is 0.383. The quantitative estimate of drug-likeness (QED) is 0.801. The van der Waals surface area contributed by atoms with Gasteiger partial charge in [-0.15, -0.1) is 0 Å². The van der Waals surface area contributed by atoms with Gasteiger partial charge in [0.25, 0.3) is 0 Å². The van der Waals surface area contributed by atoms with Crippen LogP contribution < -0.4 is 9.47 Å². The molecule has 0 fully saturated rings. The van der Waals surface area contributed by atoms with E-state index in [0.29, 0.717) is 17.9 Å². The molecule has 1 atom stereocenters. The molecule has 0 saturated heterocycles. The van der Waals surface area contributed by atoms with E-state index < -0.39 is 0 Å². The van der Waals surface area contributed by atoms with Crippen molar-refractivity contribution in [1.29, 1.82) is 0 Å². The first-order valence-electron chi connectivity index (χ1n) is 6.30. The minimum absolute atomic E-state index is 0.0214. The van der Waals surface area contributed by atoms with Crippen molar-refractivity contribution < 1.29 is 14.3 Å². The fraction of sp³-hybridized carbons (Fsp3) is 0.188. The van der Waals surface area contributed by atoms with Gasteiger partial charge in [-0.2, -0.15) is 0 Å². The van der Waals surface area contributed by atoms with Gasteiger partial charge < -0.3 is 9.47 Å². The van der Waals surface area contributed by atoms with E-state index in [0.717, 1.165) is 15.8 Å². The fourth-order valence-corrected chi connectivity index (χ4v) is 2.80. The highest BCUT2D eigenvalue weighted by atomic mass is 79.9. The molecule has 0 aliphatic carbocycles. The molecule has 20 heavy (non-hydrogen) atoms. The molecular formula is C16H13BrO3. The SMILES string of the molecule is COc1ccc(Br)cc1C(=O)C1COc2ccccc21. The van der Waals surface area contributed by atoms with Crippen LogP contribution in [-0.2, 0) is 0 Å². The zero-order chi connectivity index (χ0) is 14.1. The van der Waals surface area contributed by atoms with Crippen LogP contribution in [0.15, 0.2) is 46.9 Å². The van der Waals surface area contributed by atoms with Crippen LogP contribution in [0.25, 0.3) is 0 Å². The molecule has 1 aliphatic rings. The monoisotopic (exact) mass is 332 g/mol. The number of hydrogen-bond donors (Lipinski definition) is 0. The number of rotatable bonds is 3. The molecule has 0 N–H and O–H groups in total. The number of para-hydroxylation sites is 1. The highest BCUT2D eigenvalue weighted by molar-refractivity contribution is 9.10. The van der Waals surface area contributed by atoms with Crippen molar-refractivity contribution in [2.75, 3.05) is 13.7 Å². The zero-order valence-corrected chi connectivity index (χ0v) is 12.5. The first-order chi connectivity index (χ1) is 9.70. The molecule has 1 unspecified atom stereocenters. The Labute approximate surface area is 125 Å². The number of fused-ring (bicyclic) bond motifs is 1. The number of carbonyl (C=O) groups is 1. The van der Waals surface area contributed by atoms with Gasteiger partial charge in [0.05, 0.1) is 18.6 Å². The molecule has 0 radical (unpaired) electrons. The summed E-state index contributed by atoms with van der Waals surface area (Å²) in [5.41, 5.74) is 1.52. The van der Waals surface area contributed by atoms with Gasteiger partial charge in [0, 0.05) is 10.0 Å². The fourth-order valence-electron chi connectivity index (χ4n) is 2.44. The van der Waals surface area contributed by atoms with E-state index in [1.807, 2.05) is 30.3 Å². The van der Waals surface area contributed by atoms with Gasteiger partial charge in [0.2, 0.25) is 0 Å². The van der Waals surface area contributed by atoms with Crippen LogP contribution in [0.2, 0.25) is 0 Å². The molecule has 0 spiro atoms. The summed E-state index contributed by atoms with van der Waals surface area (Å²) in [5.74, 6) is 1.13. The Bertz CT molecular complexity index is 667. The second kappa shape index (κ2) is 5.29. The van der Waals surface area contributed by atoms with E-state index in [9.17, 15) is 4.79 Å². The van der Waals surface area contributed by atoms with Gasteiger partial charge in [0.1, 0.15) is 18.1 Å². The van der Waals surface area contributed by atoms with Crippen LogP contribution in [0.1, 0.15) is 21.8 Å². The van der Waals surface area contributed by atoms with Crippen molar-refractivity contribution in [3.63, 3.8) is 0 Å². The van der Waals surface area contributed by atoms with Crippen LogP contribution in [0, 0.1) is 0 Å². The largest absolute Gasteiger partial charge is 0.496 e. The number of hydrogen-bond acceptors (Lipinski definition) is 3. The molecule has 2 aromatic carbocycles. The Hall–Kier alpha value is -1.81. The van der Waals surface area contributed by atoms with Crippen molar-refractivity contribution in [3.8, 4) is 11.5 Å². The molecule has 4 heteroatoms. The summed E-state index contributed by atoms with van der Waals surface area (Å²) >= 11 is 3.40. The second-order valence-electron chi connectivity index (χ2n) is 4.61. The molecule has 1 aliphatic heterocycles. The Morgan fingerprint density at radius 1 is 1.30 bits per heavy atom. The molecule has 0 aromatic heterocycles. The number of carbonyl (C=O) groups excluding carboxylic acids is 1. The summed E-state index contributed by atoms with van der Waals surface area (Å²) in [6.07, 6.45) is 0. The molecule has 0 amide bonds. The Balaban J connectivity index is 2.00. The highest BCUT2D eigenvalue weighted by Gasteiger charge is 2.32. The van der Waals surface area contributed by atoms with E-state index in [2.05, 4.69) is 15.9 Å². The van der Waals surface area contributed by atoms with E-state index >= 15 is 0 Å². The smallest absolute Gasteiger partial charge is 0.177 e. The summed E-state index contributed by atoms with van der Waals surface area (Å²) < 4.78 is 11.7. The molecule has 3 nitrogen and oxygen atoms in total. The maximum Gasteiger partial charge on any atom is 0.177 e. The van der Waals surface area contributed by atoms with Crippen LogP contribution >= 0.6 is 15.9 Å². The minimum atomic E-state index is -0.269. The number of ether oxygens (including phenoxy) is 2. The van der Waals surface area contributed by atoms with E-state index in [1.165, 1.54) is 0 Å². The number of Topliss-reactive ketones (excluding diaryl/α,β-unsaturated/α-hetero) is 1. The third-order valence-electron chi connectivity index (χ3n) is 3.44. The third kappa shape index (κ3) is 2.20. The average molecular weight is 333 g/mol. The van der Waals surface area contributed by atoms with Gasteiger partial charge in [-0.25, -0.2) is 0 Å². The van der Waals surface area contributed by atoms with Crippen LogP contribution in [-0.4, -0.2) is 19.5 Å². The van der Waals surface area contributed by atoms with Crippen molar-refractivity contribution in [2.45, 2.75) is 5.92 Å². The molecule has 0 saturated carbocycles. The Morgan fingerprint density at radius 3 is 2.90 bits per heavy atom. The topological polar surface area (TPSA) is 35.5 Å². The number of benzene rings is 2. The standard InChI is InChI=1S/C16H13BrO3/c1-19-14-7-6-10(17)8-12(14)16(18)13-9-20-15-5-3-2-4-11(13)15/h2-8,13H,9H2,1H3. The second-order valence-corrected chi connectivity index (χ2v) is 5.53. The Kier molecular flexibility index (Phi) is 3.49. The van der Waals surface area contributed by atoms with Gasteiger partial charge in [0.15, 0.2) is 5.78 Å². The predicted molar refractivity (Wildman–Crippen MR) is 79.7 cm³/mol. The maximum absolute atomic E-state index is 12.8. The van der Waals surface area contributed by atoms with E-state index in [-0.39, 0.29) is 11.7 Å². The molecule has 3 rings (SSSR count). The average Bonchev–Trinajstić information content (AvgIpc) is 2.90. The minimum Gasteiger partial charge on any atom is -0.496 e. The highest BCUT2D eigenvalue weighted by Crippen LogP contribution is 2.37. The summed E-state index contributed by atoms with van der Waals surface area (Å²) in [7, 11) is 1.57. The molecule has 2 aromatic rings. The third-order valence-corrected chi connectivity index (χ3v) is 3.94. The zero-order valence-electron chi connectivity index (χ0n) is 10.9. The van der Waals surface area contributed by atoms with E-state index in [1.54, 1.807) is 19.2 Å². The predicted octanol–water partition coefficient (Wildman–Crippen LogP) is 3.82. The molecule has 0 bridgehead atoms. The Morgan fingerprint density at radius 2 is 2.10 bits per heavy atom. The lowest BCUT2D eigenvalue weighted by Crippen LogP contribution is -2.15. The summed E-state index contributed by atoms with van der Waals surface area (Å²) in [4.78, 5) is 12.8. The van der Waals surface area contributed by atoms with Gasteiger partial charge >= 0.3 is 0 Å². The van der Waals surface area contributed by atoms with Crippen LogP contribution in [0.3, 0.4) is 0 Å². The van der Waals surface area contributed by atoms with Crippen molar-refractivity contribution in [2.24, 2.45) is 0 Å². The lowest BCUT2D eigenvalue weighted by atomic mass is 9.92. The molecule has 102 valence electrons. The summed E-state index contributed by atoms with van der Waals surface area (Å²) in [5, 5.41) is 0. The van der Waals surface area contributed by atoms with Crippen LogP contribution in [0.4, 0.5) is 0 Å². The van der Waals surface area contributed by atoms with E-state index in [4.69, 9.17) is 9.47 Å². The lowest BCUT2D eigenvalue weighted by Gasteiger charge is -2.12. The van der Waals surface area contributed by atoms with Crippen molar-refractivity contribution in [3.05, 3.63) is 58.1 Å². The molecular weight excluding hydrogens is 320 g/mol. The number of ketones is 1. The van der Waals surface area contributed by atoms with Gasteiger partial charge in [-0.05, 0) is 24.3 Å². The van der Waals surface area contributed by atoms with Crippen molar-refractivity contribution in [1.82, 2.24) is 0 Å². The molecule has 1 heterocycles. The normalized spacial score (nSPS) is 16.4. The maximum atomic E-state index is 12.8. The lowest BCUT2D eigenvalue weighted by molar-refractivity contribution is 0.0944. The first-order valence-corrected chi connectivity index (χ1v) is 7.09.